The zero-order valence-electron chi connectivity index (χ0n) is 14.0. The van der Waals surface area contributed by atoms with Gasteiger partial charge >= 0.3 is 0 Å². The third kappa shape index (κ3) is 5.54. The number of hydrogen-bond donors (Lipinski definition) is 3. The first-order valence-corrected chi connectivity index (χ1v) is 7.53. The van der Waals surface area contributed by atoms with Crippen LogP contribution in [-0.2, 0) is 0 Å². The van der Waals surface area contributed by atoms with Crippen LogP contribution >= 0.6 is 0 Å². The van der Waals surface area contributed by atoms with Crippen molar-refractivity contribution in [1.82, 2.24) is 4.90 Å². The lowest BCUT2D eigenvalue weighted by Crippen LogP contribution is -2.31. The highest BCUT2D eigenvalue weighted by Crippen LogP contribution is 2.39. The van der Waals surface area contributed by atoms with Crippen molar-refractivity contribution in [2.75, 3.05) is 54.2 Å². The van der Waals surface area contributed by atoms with Gasteiger partial charge in [-0.25, -0.2) is 0 Å². The van der Waals surface area contributed by atoms with E-state index in [0.717, 1.165) is 0 Å². The fourth-order valence-corrected chi connectivity index (χ4v) is 2.43. The van der Waals surface area contributed by atoms with E-state index in [1.807, 2.05) is 4.90 Å². The summed E-state index contributed by atoms with van der Waals surface area (Å²) in [4.78, 5) is 1.88. The third-order valence-electron chi connectivity index (χ3n) is 3.64. The number of hydrogen-bond acceptors (Lipinski definition) is 7. The predicted molar refractivity (Wildman–Crippen MR) is 86.3 cm³/mol. The molecule has 1 aromatic rings. The molecule has 3 N–H and O–H groups in total. The Kier molecular flexibility index (Phi) is 8.71. The van der Waals surface area contributed by atoms with E-state index < -0.39 is 6.10 Å². The molecule has 7 heteroatoms. The van der Waals surface area contributed by atoms with Gasteiger partial charge in [0.2, 0.25) is 0 Å². The van der Waals surface area contributed by atoms with Gasteiger partial charge in [-0.3, -0.25) is 4.90 Å². The van der Waals surface area contributed by atoms with E-state index in [0.29, 0.717) is 48.9 Å². The molecule has 23 heavy (non-hydrogen) atoms. The molecule has 0 spiro atoms. The molecule has 0 aliphatic carbocycles. The largest absolute Gasteiger partial charge is 0.496 e. The highest BCUT2D eigenvalue weighted by Gasteiger charge is 2.21. The molecule has 1 rings (SSSR count). The van der Waals surface area contributed by atoms with E-state index in [1.165, 1.54) is 14.2 Å². The molecular weight excluding hydrogens is 302 g/mol. The summed E-state index contributed by atoms with van der Waals surface area (Å²) in [5.41, 5.74) is 0.559. The van der Waals surface area contributed by atoms with Crippen LogP contribution in [0.5, 0.6) is 17.2 Å². The Balaban J connectivity index is 2.91. The maximum atomic E-state index is 10.5. The van der Waals surface area contributed by atoms with Gasteiger partial charge in [-0.1, -0.05) is 0 Å². The zero-order chi connectivity index (χ0) is 17.2. The number of benzene rings is 1. The van der Waals surface area contributed by atoms with Gasteiger partial charge in [0.25, 0.3) is 0 Å². The molecule has 0 saturated heterocycles. The minimum absolute atomic E-state index is 0.00523. The highest BCUT2D eigenvalue weighted by molar-refractivity contribution is 5.51. The van der Waals surface area contributed by atoms with E-state index in [9.17, 15) is 5.11 Å². The van der Waals surface area contributed by atoms with Crippen LogP contribution in [0.1, 0.15) is 18.1 Å². The summed E-state index contributed by atoms with van der Waals surface area (Å²) in [7, 11) is 4.59. The van der Waals surface area contributed by atoms with Crippen LogP contribution in [0.4, 0.5) is 0 Å². The third-order valence-corrected chi connectivity index (χ3v) is 3.64. The lowest BCUT2D eigenvalue weighted by Gasteiger charge is -2.23. The van der Waals surface area contributed by atoms with Gasteiger partial charge in [-0.2, -0.15) is 0 Å². The maximum absolute atomic E-state index is 10.5. The average molecular weight is 329 g/mol. The van der Waals surface area contributed by atoms with E-state index in [-0.39, 0.29) is 13.2 Å². The molecule has 0 aliphatic heterocycles. The molecule has 0 bridgehead atoms. The molecule has 0 aliphatic rings. The van der Waals surface area contributed by atoms with Crippen molar-refractivity contribution in [1.29, 1.82) is 0 Å². The van der Waals surface area contributed by atoms with Crippen LogP contribution in [0, 0.1) is 0 Å². The van der Waals surface area contributed by atoms with Gasteiger partial charge in [0, 0.05) is 31.8 Å². The fraction of sp³-hybridized carbons (Fsp3) is 0.625. The van der Waals surface area contributed by atoms with Gasteiger partial charge < -0.3 is 29.5 Å². The molecule has 132 valence electrons. The highest BCUT2D eigenvalue weighted by atomic mass is 16.5. The van der Waals surface area contributed by atoms with Crippen LogP contribution in [0.3, 0.4) is 0 Å². The molecule has 0 heterocycles. The first-order chi connectivity index (χ1) is 11.1. The molecule has 1 atom stereocenters. The van der Waals surface area contributed by atoms with Crippen LogP contribution in [-0.4, -0.2) is 74.4 Å². The van der Waals surface area contributed by atoms with Crippen molar-refractivity contribution in [3.8, 4) is 17.2 Å². The molecule has 0 radical (unpaired) electrons. The summed E-state index contributed by atoms with van der Waals surface area (Å²) in [6.45, 7) is 1.44. The standard InChI is InChI=1S/C16H27NO6/c1-21-12-10-14(22-2)16(15(11-12)23-3)13(20)4-5-17(6-8-18)7-9-19/h10-11,13,18-20H,4-9H2,1-3H3. The lowest BCUT2D eigenvalue weighted by atomic mass is 10.0. The van der Waals surface area contributed by atoms with Gasteiger partial charge in [0.05, 0.1) is 46.2 Å². The number of aliphatic hydroxyl groups is 3. The summed E-state index contributed by atoms with van der Waals surface area (Å²) in [5, 5.41) is 28.6. The minimum atomic E-state index is -0.800. The Morgan fingerprint density at radius 3 is 1.83 bits per heavy atom. The number of methoxy groups -OCH3 is 3. The molecular formula is C16H27NO6. The lowest BCUT2D eigenvalue weighted by molar-refractivity contribution is 0.115. The van der Waals surface area contributed by atoms with Gasteiger partial charge in [-0.15, -0.1) is 0 Å². The first kappa shape index (κ1) is 19.5. The predicted octanol–water partition coefficient (Wildman–Crippen LogP) is 0.422. The molecule has 0 amide bonds. The Morgan fingerprint density at radius 2 is 1.43 bits per heavy atom. The van der Waals surface area contributed by atoms with Crippen molar-refractivity contribution in [3.05, 3.63) is 17.7 Å². The van der Waals surface area contributed by atoms with E-state index in [2.05, 4.69) is 0 Å². The molecule has 0 fully saturated rings. The van der Waals surface area contributed by atoms with E-state index in [4.69, 9.17) is 24.4 Å². The summed E-state index contributed by atoms with van der Waals surface area (Å²) < 4.78 is 15.9. The van der Waals surface area contributed by atoms with Gasteiger partial charge in [-0.05, 0) is 6.42 Å². The summed E-state index contributed by atoms with van der Waals surface area (Å²) in [6, 6.07) is 3.39. The summed E-state index contributed by atoms with van der Waals surface area (Å²) in [5.74, 6) is 1.56. The second kappa shape index (κ2) is 10.3. The molecule has 7 nitrogen and oxygen atoms in total. The topological polar surface area (TPSA) is 91.6 Å². The van der Waals surface area contributed by atoms with Crippen LogP contribution < -0.4 is 14.2 Å². The van der Waals surface area contributed by atoms with Crippen molar-refractivity contribution in [2.45, 2.75) is 12.5 Å². The van der Waals surface area contributed by atoms with Crippen LogP contribution in [0.15, 0.2) is 12.1 Å². The Bertz CT molecular complexity index is 437. The summed E-state index contributed by atoms with van der Waals surface area (Å²) >= 11 is 0. The first-order valence-electron chi connectivity index (χ1n) is 7.53. The summed E-state index contributed by atoms with van der Waals surface area (Å²) in [6.07, 6.45) is -0.385. The minimum Gasteiger partial charge on any atom is -0.496 e. The fourth-order valence-electron chi connectivity index (χ4n) is 2.43. The van der Waals surface area contributed by atoms with Crippen LogP contribution in [0.2, 0.25) is 0 Å². The zero-order valence-corrected chi connectivity index (χ0v) is 14.0. The average Bonchev–Trinajstić information content (AvgIpc) is 2.58. The van der Waals surface area contributed by atoms with Gasteiger partial charge in [0.1, 0.15) is 17.2 Å². The molecule has 0 aromatic heterocycles. The number of aliphatic hydroxyl groups excluding tert-OH is 3. The molecule has 1 aromatic carbocycles. The second-order valence-electron chi connectivity index (χ2n) is 5.04. The van der Waals surface area contributed by atoms with E-state index in [1.54, 1.807) is 19.2 Å². The van der Waals surface area contributed by atoms with Crippen molar-refractivity contribution < 1.29 is 29.5 Å². The molecule has 0 saturated carbocycles. The maximum Gasteiger partial charge on any atom is 0.132 e. The van der Waals surface area contributed by atoms with Crippen molar-refractivity contribution in [3.63, 3.8) is 0 Å². The number of ether oxygens (including phenoxy) is 3. The van der Waals surface area contributed by atoms with Gasteiger partial charge in [0.15, 0.2) is 0 Å². The second-order valence-corrected chi connectivity index (χ2v) is 5.04. The Morgan fingerprint density at radius 1 is 0.913 bits per heavy atom. The molecule has 1 unspecified atom stereocenters. The van der Waals surface area contributed by atoms with Crippen LogP contribution in [0.25, 0.3) is 0 Å². The van der Waals surface area contributed by atoms with Crippen molar-refractivity contribution in [2.24, 2.45) is 0 Å². The number of rotatable bonds is 11. The quantitative estimate of drug-likeness (QED) is 0.542. The monoisotopic (exact) mass is 329 g/mol. The van der Waals surface area contributed by atoms with Crippen molar-refractivity contribution >= 4 is 0 Å². The van der Waals surface area contributed by atoms with E-state index >= 15 is 0 Å². The Hall–Kier alpha value is -1.54. The smallest absolute Gasteiger partial charge is 0.132 e. The normalized spacial score (nSPS) is 12.3. The SMILES string of the molecule is COc1cc(OC)c(C(O)CCN(CCO)CCO)c(OC)c1. The number of nitrogens with zero attached hydrogens (tertiary/aromatic N) is 1. The Labute approximate surface area is 137 Å².